The second-order valence-corrected chi connectivity index (χ2v) is 4.68. The summed E-state index contributed by atoms with van der Waals surface area (Å²) in [7, 11) is 0. The molecule has 2 rings (SSSR count). The smallest absolute Gasteiger partial charge is 0.222 e. The zero-order valence-electron chi connectivity index (χ0n) is 10.0. The van der Waals surface area contributed by atoms with Gasteiger partial charge in [0.2, 0.25) is 5.91 Å². The van der Waals surface area contributed by atoms with E-state index in [0.29, 0.717) is 24.6 Å². The normalized spacial score (nSPS) is 21.4. The number of carbonyl (C=O) groups is 1. The summed E-state index contributed by atoms with van der Waals surface area (Å²) in [5, 5.41) is 0. The van der Waals surface area contributed by atoms with Gasteiger partial charge in [-0.05, 0) is 30.9 Å². The molecule has 1 aromatic heterocycles. The van der Waals surface area contributed by atoms with E-state index in [9.17, 15) is 9.18 Å². The Morgan fingerprint density at radius 2 is 2.35 bits per heavy atom. The van der Waals surface area contributed by atoms with Crippen molar-refractivity contribution in [2.45, 2.75) is 32.7 Å². The molecule has 92 valence electrons. The third-order valence-electron chi connectivity index (χ3n) is 3.27. The highest BCUT2D eigenvalue weighted by Crippen LogP contribution is 2.19. The van der Waals surface area contributed by atoms with Crippen molar-refractivity contribution in [1.82, 2.24) is 9.88 Å². The Labute approximate surface area is 101 Å². The number of amides is 1. The molecule has 1 atom stereocenters. The number of hydrogen-bond acceptors (Lipinski definition) is 2. The fourth-order valence-corrected chi connectivity index (χ4v) is 2.06. The minimum atomic E-state index is -0.336. The van der Waals surface area contributed by atoms with Gasteiger partial charge in [0.1, 0.15) is 5.82 Å². The molecular formula is C13H17FN2O. The van der Waals surface area contributed by atoms with Gasteiger partial charge < -0.3 is 4.90 Å². The van der Waals surface area contributed by atoms with E-state index in [1.807, 2.05) is 0 Å². The van der Waals surface area contributed by atoms with Crippen molar-refractivity contribution in [3.8, 4) is 0 Å². The maximum atomic E-state index is 13.4. The fraction of sp³-hybridized carbons (Fsp3) is 0.538. The van der Waals surface area contributed by atoms with Gasteiger partial charge in [0.15, 0.2) is 0 Å². The first-order valence-electron chi connectivity index (χ1n) is 6.04. The Balaban J connectivity index is 2.07. The molecule has 3 nitrogen and oxygen atoms in total. The van der Waals surface area contributed by atoms with Gasteiger partial charge in [0.05, 0.1) is 12.2 Å². The molecule has 17 heavy (non-hydrogen) atoms. The van der Waals surface area contributed by atoms with E-state index in [2.05, 4.69) is 11.9 Å². The largest absolute Gasteiger partial charge is 0.337 e. The van der Waals surface area contributed by atoms with Gasteiger partial charge in [-0.15, -0.1) is 0 Å². The van der Waals surface area contributed by atoms with Crippen LogP contribution in [0.1, 0.15) is 31.9 Å². The van der Waals surface area contributed by atoms with Crippen LogP contribution in [-0.2, 0) is 11.3 Å². The number of aromatic nitrogens is 1. The topological polar surface area (TPSA) is 33.2 Å². The number of likely N-dealkylation sites (tertiary alicyclic amines) is 1. The van der Waals surface area contributed by atoms with Gasteiger partial charge in [-0.25, -0.2) is 4.39 Å². The van der Waals surface area contributed by atoms with E-state index in [0.717, 1.165) is 12.8 Å². The predicted octanol–water partition coefficient (Wildman–Crippen LogP) is 2.37. The molecule has 0 bridgehead atoms. The second kappa shape index (κ2) is 5.25. The van der Waals surface area contributed by atoms with Gasteiger partial charge in [-0.3, -0.25) is 9.78 Å². The third-order valence-corrected chi connectivity index (χ3v) is 3.27. The van der Waals surface area contributed by atoms with Crippen molar-refractivity contribution < 1.29 is 9.18 Å². The van der Waals surface area contributed by atoms with E-state index in [4.69, 9.17) is 0 Å². The van der Waals surface area contributed by atoms with Crippen LogP contribution in [0.4, 0.5) is 4.39 Å². The quantitative estimate of drug-likeness (QED) is 0.789. The zero-order chi connectivity index (χ0) is 12.3. The lowest BCUT2D eigenvalue weighted by Gasteiger charge is -2.20. The van der Waals surface area contributed by atoms with Crippen LogP contribution in [0.2, 0.25) is 0 Å². The van der Waals surface area contributed by atoms with Crippen LogP contribution >= 0.6 is 0 Å². The van der Waals surface area contributed by atoms with Gasteiger partial charge in [0.25, 0.3) is 0 Å². The molecule has 4 heteroatoms. The van der Waals surface area contributed by atoms with Crippen molar-refractivity contribution in [2.75, 3.05) is 6.54 Å². The van der Waals surface area contributed by atoms with E-state index < -0.39 is 0 Å². The summed E-state index contributed by atoms with van der Waals surface area (Å²) in [5.41, 5.74) is 0.357. The maximum Gasteiger partial charge on any atom is 0.222 e. The lowest BCUT2D eigenvalue weighted by atomic mass is 10.0. The Hall–Kier alpha value is -1.45. The van der Waals surface area contributed by atoms with Gasteiger partial charge in [-0.1, -0.05) is 6.92 Å². The van der Waals surface area contributed by atoms with Gasteiger partial charge in [0, 0.05) is 19.2 Å². The molecule has 0 radical (unpaired) electrons. The molecule has 1 amide bonds. The minimum absolute atomic E-state index is 0.111. The standard InChI is InChI=1S/C13H17FN2O/c1-10-4-5-13(17)16(8-6-10)9-12-11(14)3-2-7-15-12/h2-3,7,10H,4-6,8-9H2,1H3. The van der Waals surface area contributed by atoms with Gasteiger partial charge >= 0.3 is 0 Å². The number of rotatable bonds is 2. The summed E-state index contributed by atoms with van der Waals surface area (Å²) in [6.45, 7) is 3.15. The van der Waals surface area contributed by atoms with Crippen molar-refractivity contribution >= 4 is 5.91 Å². The molecule has 0 spiro atoms. The van der Waals surface area contributed by atoms with Crippen LogP contribution in [0.15, 0.2) is 18.3 Å². The Bertz CT molecular complexity index is 408. The summed E-state index contributed by atoms with van der Waals surface area (Å²) >= 11 is 0. The molecule has 0 saturated carbocycles. The number of hydrogen-bond donors (Lipinski definition) is 0. The van der Waals surface area contributed by atoms with Crippen LogP contribution < -0.4 is 0 Å². The summed E-state index contributed by atoms with van der Waals surface area (Å²) in [6, 6.07) is 2.94. The molecule has 1 aromatic rings. The molecule has 0 N–H and O–H groups in total. The molecule has 1 aliphatic heterocycles. The highest BCUT2D eigenvalue weighted by molar-refractivity contribution is 5.76. The van der Waals surface area contributed by atoms with E-state index >= 15 is 0 Å². The highest BCUT2D eigenvalue weighted by atomic mass is 19.1. The lowest BCUT2D eigenvalue weighted by molar-refractivity contribution is -0.131. The first-order chi connectivity index (χ1) is 8.16. The average molecular weight is 236 g/mol. The highest BCUT2D eigenvalue weighted by Gasteiger charge is 2.21. The second-order valence-electron chi connectivity index (χ2n) is 4.68. The third kappa shape index (κ3) is 3.02. The maximum absolute atomic E-state index is 13.4. The van der Waals surface area contributed by atoms with Crippen molar-refractivity contribution in [1.29, 1.82) is 0 Å². The summed E-state index contributed by atoms with van der Waals surface area (Å²) in [6.07, 6.45) is 4.04. The predicted molar refractivity (Wildman–Crippen MR) is 62.6 cm³/mol. The summed E-state index contributed by atoms with van der Waals surface area (Å²) in [4.78, 5) is 17.6. The Morgan fingerprint density at radius 3 is 3.12 bits per heavy atom. The van der Waals surface area contributed by atoms with Crippen molar-refractivity contribution in [2.24, 2.45) is 5.92 Å². The molecule has 0 aliphatic carbocycles. The molecule has 0 aromatic carbocycles. The van der Waals surface area contributed by atoms with E-state index in [-0.39, 0.29) is 18.3 Å². The number of nitrogens with zero attached hydrogens (tertiary/aromatic N) is 2. The number of halogens is 1. The van der Waals surface area contributed by atoms with E-state index in [1.165, 1.54) is 6.07 Å². The first-order valence-corrected chi connectivity index (χ1v) is 6.04. The summed E-state index contributed by atoms with van der Waals surface area (Å²) in [5.74, 6) is 0.342. The molecule has 1 unspecified atom stereocenters. The van der Waals surface area contributed by atoms with Gasteiger partial charge in [-0.2, -0.15) is 0 Å². The van der Waals surface area contributed by atoms with E-state index in [1.54, 1.807) is 17.2 Å². The number of carbonyl (C=O) groups excluding carboxylic acids is 1. The Kier molecular flexibility index (Phi) is 3.71. The van der Waals surface area contributed by atoms with Crippen molar-refractivity contribution in [3.63, 3.8) is 0 Å². The monoisotopic (exact) mass is 236 g/mol. The summed E-state index contributed by atoms with van der Waals surface area (Å²) < 4.78 is 13.4. The van der Waals surface area contributed by atoms with Crippen LogP contribution in [-0.4, -0.2) is 22.3 Å². The zero-order valence-corrected chi connectivity index (χ0v) is 10.0. The van der Waals surface area contributed by atoms with Crippen molar-refractivity contribution in [3.05, 3.63) is 29.8 Å². The van der Waals surface area contributed by atoms with Crippen LogP contribution in [0.5, 0.6) is 0 Å². The molecule has 1 aliphatic rings. The lowest BCUT2D eigenvalue weighted by Crippen LogP contribution is -2.30. The minimum Gasteiger partial charge on any atom is -0.337 e. The average Bonchev–Trinajstić information content (AvgIpc) is 2.47. The first kappa shape index (κ1) is 12.0. The fourth-order valence-electron chi connectivity index (χ4n) is 2.06. The Morgan fingerprint density at radius 1 is 1.53 bits per heavy atom. The molecule has 1 saturated heterocycles. The molecular weight excluding hydrogens is 219 g/mol. The molecule has 1 fully saturated rings. The number of pyridine rings is 1. The van der Waals surface area contributed by atoms with Crippen LogP contribution in [0.25, 0.3) is 0 Å². The molecule has 2 heterocycles. The van der Waals surface area contributed by atoms with Crippen LogP contribution in [0.3, 0.4) is 0 Å². The van der Waals surface area contributed by atoms with Crippen LogP contribution in [0, 0.1) is 11.7 Å². The SMILES string of the molecule is CC1CCC(=O)N(Cc2ncccc2F)CC1.